The zero-order valence-corrected chi connectivity index (χ0v) is 15.1. The first-order valence-electron chi connectivity index (χ1n) is 8.67. The Labute approximate surface area is 157 Å². The maximum absolute atomic E-state index is 12.2. The van der Waals surface area contributed by atoms with Crippen LogP contribution in [0.25, 0.3) is 0 Å². The second-order valence-corrected chi connectivity index (χ2v) is 6.18. The number of carbonyl (C=O) groups excluding carboxylic acids is 2. The first kappa shape index (κ1) is 18.6. The van der Waals surface area contributed by atoms with Crippen molar-refractivity contribution in [2.24, 2.45) is 0 Å². The number of hydrogen-bond donors (Lipinski definition) is 2. The van der Waals surface area contributed by atoms with Gasteiger partial charge in [0.05, 0.1) is 7.11 Å². The molecule has 0 fully saturated rings. The van der Waals surface area contributed by atoms with Crippen molar-refractivity contribution in [3.05, 3.63) is 59.7 Å². The van der Waals surface area contributed by atoms with Crippen LogP contribution in [0.4, 0.5) is 4.79 Å². The fourth-order valence-electron chi connectivity index (χ4n) is 2.89. The Hall–Kier alpha value is -3.22. The van der Waals surface area contributed by atoms with Crippen molar-refractivity contribution in [1.29, 1.82) is 0 Å². The molecule has 2 aromatic rings. The van der Waals surface area contributed by atoms with E-state index in [2.05, 4.69) is 15.4 Å². The molecule has 1 atom stereocenters. The molecule has 7 nitrogen and oxygen atoms in total. The van der Waals surface area contributed by atoms with Gasteiger partial charge in [-0.1, -0.05) is 36.4 Å². The van der Waals surface area contributed by atoms with E-state index in [1.165, 1.54) is 7.11 Å². The summed E-state index contributed by atoms with van der Waals surface area (Å²) in [5, 5.41) is 5.44. The van der Waals surface area contributed by atoms with Gasteiger partial charge >= 0.3 is 12.0 Å². The molecule has 2 N–H and O–H groups in total. The topological polar surface area (TPSA) is 85.9 Å². The lowest BCUT2D eigenvalue weighted by Crippen LogP contribution is -2.45. The van der Waals surface area contributed by atoms with Gasteiger partial charge in [0.1, 0.15) is 6.54 Å². The fourth-order valence-corrected chi connectivity index (χ4v) is 2.89. The number of ether oxygens (including phenoxy) is 3. The van der Waals surface area contributed by atoms with Crippen molar-refractivity contribution >= 4 is 12.0 Å². The molecule has 0 saturated carbocycles. The van der Waals surface area contributed by atoms with Crippen LogP contribution < -0.4 is 20.1 Å². The van der Waals surface area contributed by atoms with Crippen LogP contribution in [0.3, 0.4) is 0 Å². The van der Waals surface area contributed by atoms with E-state index in [1.807, 2.05) is 48.5 Å². The Bertz CT molecular complexity index is 794. The first-order valence-corrected chi connectivity index (χ1v) is 8.67. The number of rotatable bonds is 7. The number of fused-ring (bicyclic) bond motifs is 1. The molecular weight excluding hydrogens is 348 g/mol. The van der Waals surface area contributed by atoms with E-state index in [0.29, 0.717) is 18.6 Å². The van der Waals surface area contributed by atoms with E-state index >= 15 is 0 Å². The Morgan fingerprint density at radius 1 is 1.04 bits per heavy atom. The number of methoxy groups -OCH3 is 1. The summed E-state index contributed by atoms with van der Waals surface area (Å²) in [6.07, 6.45) is 1.26. The number of benzene rings is 2. The third-order valence-electron chi connectivity index (χ3n) is 4.20. The molecule has 0 spiro atoms. The highest BCUT2D eigenvalue weighted by Gasteiger charge is 2.18. The van der Waals surface area contributed by atoms with Crippen molar-refractivity contribution in [2.45, 2.75) is 18.9 Å². The number of carbonyl (C=O) groups is 2. The number of nitrogens with one attached hydrogen (secondary N) is 2. The standard InChI is InChI=1S/C20H22N2O5/c1-25-19(23)12-21-20(24)22-16(9-14-5-3-2-4-6-14)10-15-7-8-17-18(11-15)27-13-26-17/h2-8,11,16H,9-10,12-13H2,1H3,(H2,21,22,24)/t16-/m0/s1. The van der Waals surface area contributed by atoms with Crippen LogP contribution in [-0.4, -0.2) is 38.5 Å². The largest absolute Gasteiger partial charge is 0.468 e. The van der Waals surface area contributed by atoms with Crippen molar-refractivity contribution in [2.75, 3.05) is 20.4 Å². The average Bonchev–Trinajstić information content (AvgIpc) is 3.14. The summed E-state index contributed by atoms with van der Waals surface area (Å²) in [5.41, 5.74) is 2.13. The molecule has 142 valence electrons. The van der Waals surface area contributed by atoms with Gasteiger partial charge in [0.2, 0.25) is 6.79 Å². The van der Waals surface area contributed by atoms with E-state index in [-0.39, 0.29) is 19.4 Å². The first-order chi connectivity index (χ1) is 13.1. The van der Waals surface area contributed by atoms with Gasteiger partial charge in [-0.25, -0.2) is 4.79 Å². The van der Waals surface area contributed by atoms with Gasteiger partial charge in [0.25, 0.3) is 0 Å². The molecule has 3 rings (SSSR count). The van der Waals surface area contributed by atoms with E-state index in [4.69, 9.17) is 9.47 Å². The predicted octanol–water partition coefficient (Wildman–Crippen LogP) is 2.04. The van der Waals surface area contributed by atoms with E-state index in [9.17, 15) is 9.59 Å². The smallest absolute Gasteiger partial charge is 0.325 e. The van der Waals surface area contributed by atoms with Crippen molar-refractivity contribution in [1.82, 2.24) is 10.6 Å². The molecule has 1 aliphatic rings. The third-order valence-corrected chi connectivity index (χ3v) is 4.20. The van der Waals surface area contributed by atoms with Gasteiger partial charge in [-0.2, -0.15) is 0 Å². The Morgan fingerprint density at radius 2 is 1.78 bits per heavy atom. The molecular formula is C20H22N2O5. The normalized spacial score (nSPS) is 12.9. The zero-order valence-electron chi connectivity index (χ0n) is 15.1. The molecule has 2 amide bonds. The quantitative estimate of drug-likeness (QED) is 0.729. The summed E-state index contributed by atoms with van der Waals surface area (Å²) in [5.74, 6) is 0.934. The minimum atomic E-state index is -0.500. The molecule has 1 aliphatic heterocycles. The molecule has 7 heteroatoms. The van der Waals surface area contributed by atoms with Crippen LogP contribution in [0.5, 0.6) is 11.5 Å². The van der Waals surface area contributed by atoms with Crippen LogP contribution in [0, 0.1) is 0 Å². The highest BCUT2D eigenvalue weighted by molar-refractivity contribution is 5.80. The Morgan fingerprint density at radius 3 is 2.56 bits per heavy atom. The molecule has 0 aromatic heterocycles. The molecule has 0 aliphatic carbocycles. The van der Waals surface area contributed by atoms with Gasteiger partial charge in [0.15, 0.2) is 11.5 Å². The molecule has 0 bridgehead atoms. The maximum atomic E-state index is 12.2. The predicted molar refractivity (Wildman–Crippen MR) is 98.8 cm³/mol. The fraction of sp³-hybridized carbons (Fsp3) is 0.300. The monoisotopic (exact) mass is 370 g/mol. The second-order valence-electron chi connectivity index (χ2n) is 6.18. The number of amides is 2. The van der Waals surface area contributed by atoms with Crippen molar-refractivity contribution in [3.8, 4) is 11.5 Å². The summed E-state index contributed by atoms with van der Waals surface area (Å²) in [6, 6.07) is 15.1. The van der Waals surface area contributed by atoms with Crippen LogP contribution in [0.2, 0.25) is 0 Å². The highest BCUT2D eigenvalue weighted by Crippen LogP contribution is 2.32. The van der Waals surface area contributed by atoms with Gasteiger partial charge in [0, 0.05) is 6.04 Å². The van der Waals surface area contributed by atoms with E-state index in [0.717, 1.165) is 16.9 Å². The molecule has 0 radical (unpaired) electrons. The third kappa shape index (κ3) is 5.37. The molecule has 0 unspecified atom stereocenters. The molecule has 0 saturated heterocycles. The van der Waals surface area contributed by atoms with Crippen LogP contribution in [-0.2, 0) is 22.4 Å². The average molecular weight is 370 g/mol. The summed E-state index contributed by atoms with van der Waals surface area (Å²) < 4.78 is 15.3. The molecule has 27 heavy (non-hydrogen) atoms. The summed E-state index contributed by atoms with van der Waals surface area (Å²) in [7, 11) is 1.28. The van der Waals surface area contributed by atoms with Gasteiger partial charge in [-0.3, -0.25) is 4.79 Å². The highest BCUT2D eigenvalue weighted by atomic mass is 16.7. The zero-order chi connectivity index (χ0) is 19.1. The SMILES string of the molecule is COC(=O)CNC(=O)N[C@@H](Cc1ccccc1)Cc1ccc2c(c1)OCO2. The molecule has 1 heterocycles. The summed E-state index contributed by atoms with van der Waals surface area (Å²) >= 11 is 0. The lowest BCUT2D eigenvalue weighted by Gasteiger charge is -2.19. The van der Waals surface area contributed by atoms with E-state index < -0.39 is 12.0 Å². The summed E-state index contributed by atoms with van der Waals surface area (Å²) in [6.45, 7) is 0.0465. The Balaban J connectivity index is 1.67. The minimum absolute atomic E-state index is 0.162. The number of esters is 1. The second kappa shape index (κ2) is 8.93. The van der Waals surface area contributed by atoms with Gasteiger partial charge < -0.3 is 24.8 Å². The van der Waals surface area contributed by atoms with Crippen molar-refractivity contribution < 1.29 is 23.8 Å². The lowest BCUT2D eigenvalue weighted by atomic mass is 9.99. The lowest BCUT2D eigenvalue weighted by molar-refractivity contribution is -0.139. The van der Waals surface area contributed by atoms with Crippen molar-refractivity contribution in [3.63, 3.8) is 0 Å². The summed E-state index contributed by atoms with van der Waals surface area (Å²) in [4.78, 5) is 23.4. The number of urea groups is 1. The van der Waals surface area contributed by atoms with E-state index in [1.54, 1.807) is 0 Å². The molecule has 2 aromatic carbocycles. The maximum Gasteiger partial charge on any atom is 0.325 e. The number of hydrogen-bond acceptors (Lipinski definition) is 5. The van der Waals surface area contributed by atoms with Gasteiger partial charge in [-0.05, 0) is 36.1 Å². The minimum Gasteiger partial charge on any atom is -0.468 e. The van der Waals surface area contributed by atoms with Gasteiger partial charge in [-0.15, -0.1) is 0 Å². The van der Waals surface area contributed by atoms with Crippen LogP contribution in [0.1, 0.15) is 11.1 Å². The Kier molecular flexibility index (Phi) is 6.14. The van der Waals surface area contributed by atoms with Crippen LogP contribution >= 0.6 is 0 Å². The van der Waals surface area contributed by atoms with Crippen LogP contribution in [0.15, 0.2) is 48.5 Å².